The number of hydrogen-bond acceptors (Lipinski definition) is 3. The molecule has 1 atom stereocenters. The number of halogens is 1. The first-order valence-corrected chi connectivity index (χ1v) is 8.60. The second-order valence-corrected chi connectivity index (χ2v) is 6.72. The van der Waals surface area contributed by atoms with Gasteiger partial charge in [-0.05, 0) is 25.8 Å². The Hall–Kier alpha value is -2.44. The molecule has 2 aliphatic rings. The number of carbonyl (C=O) groups excluding carboxylic acids is 3. The van der Waals surface area contributed by atoms with Gasteiger partial charge in [0.2, 0.25) is 5.91 Å². The van der Waals surface area contributed by atoms with Crippen LogP contribution in [0.2, 0.25) is 0 Å². The van der Waals surface area contributed by atoms with Crippen LogP contribution in [0.5, 0.6) is 0 Å². The van der Waals surface area contributed by atoms with Gasteiger partial charge in [0.15, 0.2) is 0 Å². The van der Waals surface area contributed by atoms with Crippen LogP contribution in [0.1, 0.15) is 38.2 Å². The third-order valence-corrected chi connectivity index (χ3v) is 4.94. The Bertz CT molecular complexity index is 701. The smallest absolute Gasteiger partial charge is 0.325 e. The van der Waals surface area contributed by atoms with Gasteiger partial charge >= 0.3 is 6.03 Å². The summed E-state index contributed by atoms with van der Waals surface area (Å²) in [7, 11) is 0. The molecule has 7 heteroatoms. The van der Waals surface area contributed by atoms with Gasteiger partial charge in [0.1, 0.15) is 17.9 Å². The summed E-state index contributed by atoms with van der Waals surface area (Å²) in [5.41, 5.74) is -1.40. The lowest BCUT2D eigenvalue weighted by Crippen LogP contribution is -2.45. The highest BCUT2D eigenvalue weighted by molar-refractivity contribution is 6.09. The van der Waals surface area contributed by atoms with Gasteiger partial charge in [0.25, 0.3) is 5.91 Å². The summed E-state index contributed by atoms with van der Waals surface area (Å²) in [5, 5.41) is 2.53. The number of benzene rings is 1. The molecule has 0 radical (unpaired) electrons. The van der Waals surface area contributed by atoms with Crippen molar-refractivity contribution in [3.05, 3.63) is 35.6 Å². The third-order valence-electron chi connectivity index (χ3n) is 4.94. The lowest BCUT2D eigenvalue weighted by atomic mass is 9.91. The predicted octanol–water partition coefficient (Wildman–Crippen LogP) is 2.00. The van der Waals surface area contributed by atoms with Crippen LogP contribution in [0.15, 0.2) is 24.3 Å². The number of amides is 4. The Kier molecular flexibility index (Phi) is 4.74. The van der Waals surface area contributed by atoms with Gasteiger partial charge in [-0.2, -0.15) is 0 Å². The number of hydrogen-bond donors (Lipinski definition) is 1. The molecule has 0 bridgehead atoms. The van der Waals surface area contributed by atoms with Crippen molar-refractivity contribution in [2.24, 2.45) is 0 Å². The molecule has 0 aromatic heterocycles. The van der Waals surface area contributed by atoms with Gasteiger partial charge < -0.3 is 10.2 Å². The fourth-order valence-corrected chi connectivity index (χ4v) is 3.45. The van der Waals surface area contributed by atoms with Crippen molar-refractivity contribution >= 4 is 17.8 Å². The molecule has 2 saturated heterocycles. The molecule has 25 heavy (non-hydrogen) atoms. The van der Waals surface area contributed by atoms with Gasteiger partial charge in [-0.3, -0.25) is 14.5 Å². The molecule has 6 nitrogen and oxygen atoms in total. The fraction of sp³-hybridized carbons (Fsp3) is 0.500. The monoisotopic (exact) mass is 347 g/mol. The Morgan fingerprint density at radius 1 is 1.16 bits per heavy atom. The normalized spacial score (nSPS) is 24.2. The summed E-state index contributed by atoms with van der Waals surface area (Å²) >= 11 is 0. The van der Waals surface area contributed by atoms with Crippen LogP contribution in [0.3, 0.4) is 0 Å². The fourth-order valence-electron chi connectivity index (χ4n) is 3.45. The molecular formula is C18H22FN3O3. The maximum Gasteiger partial charge on any atom is 0.325 e. The first-order chi connectivity index (χ1) is 11.9. The van der Waals surface area contributed by atoms with Crippen molar-refractivity contribution in [1.29, 1.82) is 0 Å². The Morgan fingerprint density at radius 3 is 2.44 bits per heavy atom. The average Bonchev–Trinajstić information content (AvgIpc) is 2.81. The zero-order valence-corrected chi connectivity index (χ0v) is 14.3. The van der Waals surface area contributed by atoms with E-state index in [-0.39, 0.29) is 18.0 Å². The first kappa shape index (κ1) is 17.4. The topological polar surface area (TPSA) is 69.7 Å². The van der Waals surface area contributed by atoms with E-state index in [0.717, 1.165) is 30.6 Å². The lowest BCUT2D eigenvalue weighted by molar-refractivity contribution is -0.138. The van der Waals surface area contributed by atoms with Gasteiger partial charge in [-0.1, -0.05) is 31.0 Å². The molecule has 1 aromatic carbocycles. The molecule has 2 aliphatic heterocycles. The van der Waals surface area contributed by atoms with Gasteiger partial charge in [-0.15, -0.1) is 0 Å². The minimum absolute atomic E-state index is 0.0954. The highest BCUT2D eigenvalue weighted by Gasteiger charge is 2.50. The number of urea groups is 1. The van der Waals surface area contributed by atoms with Crippen LogP contribution in [-0.2, 0) is 15.1 Å². The van der Waals surface area contributed by atoms with Crippen molar-refractivity contribution < 1.29 is 18.8 Å². The van der Waals surface area contributed by atoms with Gasteiger partial charge in [0.05, 0.1) is 0 Å². The molecule has 0 aliphatic carbocycles. The lowest BCUT2D eigenvalue weighted by Gasteiger charge is -2.24. The van der Waals surface area contributed by atoms with Gasteiger partial charge in [0, 0.05) is 18.7 Å². The second kappa shape index (κ2) is 6.82. The Labute approximate surface area is 146 Å². The van der Waals surface area contributed by atoms with Crippen LogP contribution in [0.25, 0.3) is 0 Å². The summed E-state index contributed by atoms with van der Waals surface area (Å²) in [6, 6.07) is 5.16. The van der Waals surface area contributed by atoms with E-state index >= 15 is 0 Å². The summed E-state index contributed by atoms with van der Waals surface area (Å²) in [5.74, 6) is -1.42. The Balaban J connectivity index is 1.77. The van der Waals surface area contributed by atoms with E-state index in [0.29, 0.717) is 13.1 Å². The number of imide groups is 1. The molecular weight excluding hydrogens is 325 g/mol. The van der Waals surface area contributed by atoms with E-state index in [1.165, 1.54) is 25.1 Å². The van der Waals surface area contributed by atoms with Gasteiger partial charge in [-0.25, -0.2) is 9.18 Å². The quantitative estimate of drug-likeness (QED) is 0.850. The number of nitrogens with zero attached hydrogens (tertiary/aromatic N) is 2. The maximum atomic E-state index is 14.1. The summed E-state index contributed by atoms with van der Waals surface area (Å²) in [4.78, 5) is 40.1. The standard InChI is InChI=1S/C18H22FN3O3/c1-18(13-8-4-5-9-14(13)19)16(24)22(17(25)20-18)12-15(23)21-10-6-2-3-7-11-21/h4-5,8-9H,2-3,6-7,10-12H2,1H3,(H,20,25). The average molecular weight is 347 g/mol. The van der Waals surface area contributed by atoms with Crippen LogP contribution in [-0.4, -0.2) is 47.3 Å². The second-order valence-electron chi connectivity index (χ2n) is 6.72. The van der Waals surface area contributed by atoms with Crippen molar-refractivity contribution in [2.45, 2.75) is 38.1 Å². The van der Waals surface area contributed by atoms with E-state index in [4.69, 9.17) is 0 Å². The van der Waals surface area contributed by atoms with Crippen molar-refractivity contribution in [2.75, 3.05) is 19.6 Å². The zero-order valence-electron chi connectivity index (χ0n) is 14.3. The summed E-state index contributed by atoms with van der Waals surface area (Å²) in [6.07, 6.45) is 4.02. The SMILES string of the molecule is CC1(c2ccccc2F)NC(=O)N(CC(=O)N2CCCCCC2)C1=O. The van der Waals surface area contributed by atoms with Crippen molar-refractivity contribution in [3.8, 4) is 0 Å². The van der Waals surface area contributed by atoms with Crippen LogP contribution in [0, 0.1) is 5.82 Å². The van der Waals surface area contributed by atoms with Crippen LogP contribution < -0.4 is 5.32 Å². The summed E-state index contributed by atoms with van der Waals surface area (Å²) < 4.78 is 14.1. The molecule has 2 heterocycles. The van der Waals surface area contributed by atoms with E-state index in [1.54, 1.807) is 11.0 Å². The van der Waals surface area contributed by atoms with E-state index in [1.807, 2.05) is 0 Å². The largest absolute Gasteiger partial charge is 0.341 e. The molecule has 2 fully saturated rings. The number of likely N-dealkylation sites (tertiary alicyclic amines) is 1. The number of nitrogens with one attached hydrogen (secondary N) is 1. The zero-order chi connectivity index (χ0) is 18.0. The molecule has 134 valence electrons. The molecule has 4 amide bonds. The van der Waals surface area contributed by atoms with Crippen molar-refractivity contribution in [1.82, 2.24) is 15.1 Å². The minimum atomic E-state index is -1.50. The maximum absolute atomic E-state index is 14.1. The Morgan fingerprint density at radius 2 is 1.80 bits per heavy atom. The molecule has 1 unspecified atom stereocenters. The summed E-state index contributed by atoms with van der Waals surface area (Å²) in [6.45, 7) is 2.44. The molecule has 0 saturated carbocycles. The highest BCUT2D eigenvalue weighted by Crippen LogP contribution is 2.30. The van der Waals surface area contributed by atoms with Crippen LogP contribution in [0.4, 0.5) is 9.18 Å². The van der Waals surface area contributed by atoms with E-state index in [9.17, 15) is 18.8 Å². The molecule has 1 aromatic rings. The highest BCUT2D eigenvalue weighted by atomic mass is 19.1. The van der Waals surface area contributed by atoms with Crippen molar-refractivity contribution in [3.63, 3.8) is 0 Å². The van der Waals surface area contributed by atoms with E-state index < -0.39 is 23.3 Å². The minimum Gasteiger partial charge on any atom is -0.341 e. The molecule has 1 N–H and O–H groups in total. The third kappa shape index (κ3) is 3.23. The number of rotatable bonds is 3. The van der Waals surface area contributed by atoms with E-state index in [2.05, 4.69) is 5.32 Å². The molecule has 0 spiro atoms. The first-order valence-electron chi connectivity index (χ1n) is 8.60. The van der Waals surface area contributed by atoms with Crippen LogP contribution >= 0.6 is 0 Å². The molecule has 3 rings (SSSR count). The predicted molar refractivity (Wildman–Crippen MR) is 89.0 cm³/mol. The number of carbonyl (C=O) groups is 3.